The van der Waals surface area contributed by atoms with E-state index in [4.69, 9.17) is 10.5 Å². The van der Waals surface area contributed by atoms with Crippen LogP contribution in [0.25, 0.3) is 0 Å². The molecule has 0 aliphatic carbocycles. The zero-order chi connectivity index (χ0) is 15.8. The number of hydrogen-bond donors (Lipinski definition) is 3. The Balaban J connectivity index is 1.75. The predicted octanol–water partition coefficient (Wildman–Crippen LogP) is 1.80. The van der Waals surface area contributed by atoms with Gasteiger partial charge in [-0.3, -0.25) is 5.32 Å². The number of nitrogens with two attached hydrogens (primary N) is 1. The molecule has 116 valence electrons. The molecule has 0 saturated carbocycles. The van der Waals surface area contributed by atoms with Gasteiger partial charge in [-0.2, -0.15) is 0 Å². The lowest BCUT2D eigenvalue weighted by molar-refractivity contribution is 0.0807. The van der Waals surface area contributed by atoms with Crippen molar-refractivity contribution in [3.63, 3.8) is 0 Å². The van der Waals surface area contributed by atoms with Crippen molar-refractivity contribution in [3.8, 4) is 0 Å². The summed E-state index contributed by atoms with van der Waals surface area (Å²) in [5, 5.41) is 12.2. The van der Waals surface area contributed by atoms with Crippen molar-refractivity contribution in [1.82, 2.24) is 5.32 Å². The molecule has 0 fully saturated rings. The Kier molecular flexibility index (Phi) is 5.94. The van der Waals surface area contributed by atoms with Crippen molar-refractivity contribution < 1.29 is 14.6 Å². The number of amides is 1. The highest BCUT2D eigenvalue weighted by atomic mass is 16.6. The number of hydrogen-bond acceptors (Lipinski definition) is 4. The van der Waals surface area contributed by atoms with E-state index in [0.29, 0.717) is 6.42 Å². The van der Waals surface area contributed by atoms with E-state index in [1.807, 2.05) is 60.7 Å². The number of aliphatic hydroxyl groups excluding tert-OH is 1. The SMILES string of the molecule is NC(Cc1ccccc1)C(O)NC(=O)OCc1ccccc1. The third-order valence-electron chi connectivity index (χ3n) is 3.20. The summed E-state index contributed by atoms with van der Waals surface area (Å²) < 4.78 is 5.03. The number of nitrogens with one attached hydrogen (secondary N) is 1. The number of benzene rings is 2. The lowest BCUT2D eigenvalue weighted by Gasteiger charge is -2.20. The summed E-state index contributed by atoms with van der Waals surface area (Å²) >= 11 is 0. The van der Waals surface area contributed by atoms with Crippen LogP contribution in [-0.4, -0.2) is 23.5 Å². The first-order chi connectivity index (χ1) is 10.6. The smallest absolute Gasteiger partial charge is 0.409 e. The van der Waals surface area contributed by atoms with Gasteiger partial charge in [0.1, 0.15) is 12.8 Å². The average Bonchev–Trinajstić information content (AvgIpc) is 2.55. The van der Waals surface area contributed by atoms with Crippen molar-refractivity contribution in [3.05, 3.63) is 71.8 Å². The van der Waals surface area contributed by atoms with Crippen LogP contribution in [0.1, 0.15) is 11.1 Å². The van der Waals surface area contributed by atoms with Gasteiger partial charge in [-0.25, -0.2) is 4.79 Å². The standard InChI is InChI=1S/C17H20N2O3/c18-15(11-13-7-3-1-4-8-13)16(20)19-17(21)22-12-14-9-5-2-6-10-14/h1-10,15-16,20H,11-12,18H2,(H,19,21). The molecule has 0 heterocycles. The highest BCUT2D eigenvalue weighted by Gasteiger charge is 2.18. The van der Waals surface area contributed by atoms with Crippen LogP contribution < -0.4 is 11.1 Å². The Bertz CT molecular complexity index is 575. The molecule has 2 atom stereocenters. The molecule has 2 unspecified atom stereocenters. The predicted molar refractivity (Wildman–Crippen MR) is 83.9 cm³/mol. The molecule has 0 saturated heterocycles. The second kappa shape index (κ2) is 8.17. The van der Waals surface area contributed by atoms with Gasteiger partial charge in [0.2, 0.25) is 0 Å². The van der Waals surface area contributed by atoms with Gasteiger partial charge in [-0.1, -0.05) is 60.7 Å². The highest BCUT2D eigenvalue weighted by molar-refractivity contribution is 5.67. The molecule has 2 aromatic carbocycles. The number of carbonyl (C=O) groups is 1. The second-order valence-electron chi connectivity index (χ2n) is 5.00. The van der Waals surface area contributed by atoms with Crippen LogP contribution in [0.15, 0.2) is 60.7 Å². The van der Waals surface area contributed by atoms with E-state index in [0.717, 1.165) is 11.1 Å². The molecule has 5 nitrogen and oxygen atoms in total. The molecule has 22 heavy (non-hydrogen) atoms. The fourth-order valence-electron chi connectivity index (χ4n) is 1.99. The first-order valence-electron chi connectivity index (χ1n) is 7.10. The zero-order valence-electron chi connectivity index (χ0n) is 12.2. The molecule has 4 N–H and O–H groups in total. The molecule has 2 rings (SSSR count). The lowest BCUT2D eigenvalue weighted by atomic mass is 10.1. The van der Waals surface area contributed by atoms with Crippen LogP contribution >= 0.6 is 0 Å². The van der Waals surface area contributed by atoms with Crippen molar-refractivity contribution in [2.24, 2.45) is 5.73 Å². The van der Waals surface area contributed by atoms with Crippen LogP contribution in [0, 0.1) is 0 Å². The molecule has 5 heteroatoms. The van der Waals surface area contributed by atoms with Gasteiger partial charge in [-0.05, 0) is 17.5 Å². The van der Waals surface area contributed by atoms with E-state index in [2.05, 4.69) is 5.32 Å². The third-order valence-corrected chi connectivity index (χ3v) is 3.20. The Morgan fingerprint density at radius 2 is 1.59 bits per heavy atom. The fraction of sp³-hybridized carbons (Fsp3) is 0.235. The average molecular weight is 300 g/mol. The normalized spacial score (nSPS) is 13.2. The summed E-state index contributed by atoms with van der Waals surface area (Å²) in [7, 11) is 0. The maximum Gasteiger partial charge on any atom is 0.409 e. The first-order valence-corrected chi connectivity index (χ1v) is 7.10. The molecule has 0 spiro atoms. The monoisotopic (exact) mass is 300 g/mol. The summed E-state index contributed by atoms with van der Waals surface area (Å²) in [6.45, 7) is 0.146. The molecular weight excluding hydrogens is 280 g/mol. The minimum Gasteiger partial charge on any atom is -0.445 e. The van der Waals surface area contributed by atoms with Crippen LogP contribution in [0.5, 0.6) is 0 Å². The van der Waals surface area contributed by atoms with Crippen molar-refractivity contribution in [1.29, 1.82) is 0 Å². The number of carbonyl (C=O) groups excluding carboxylic acids is 1. The summed E-state index contributed by atoms with van der Waals surface area (Å²) in [5.41, 5.74) is 7.75. The van der Waals surface area contributed by atoms with E-state index in [9.17, 15) is 9.90 Å². The van der Waals surface area contributed by atoms with Gasteiger partial charge < -0.3 is 15.6 Å². The van der Waals surface area contributed by atoms with Crippen molar-refractivity contribution in [2.45, 2.75) is 25.3 Å². The molecule has 0 bridgehead atoms. The Hall–Kier alpha value is -2.37. The third kappa shape index (κ3) is 5.20. The quantitative estimate of drug-likeness (QED) is 0.710. The molecule has 0 aromatic heterocycles. The van der Waals surface area contributed by atoms with E-state index >= 15 is 0 Å². The van der Waals surface area contributed by atoms with Gasteiger partial charge in [0.05, 0.1) is 6.04 Å². The highest BCUT2D eigenvalue weighted by Crippen LogP contribution is 2.04. The fourth-order valence-corrected chi connectivity index (χ4v) is 1.99. The van der Waals surface area contributed by atoms with Gasteiger partial charge in [0.25, 0.3) is 0 Å². The Labute approximate surface area is 129 Å². The van der Waals surface area contributed by atoms with Crippen molar-refractivity contribution >= 4 is 6.09 Å². The van der Waals surface area contributed by atoms with Gasteiger partial charge in [0, 0.05) is 0 Å². The van der Waals surface area contributed by atoms with Crippen LogP contribution in [0.2, 0.25) is 0 Å². The molecular formula is C17H20N2O3. The summed E-state index contributed by atoms with van der Waals surface area (Å²) in [6.07, 6.45) is -1.40. The van der Waals surface area contributed by atoms with E-state index < -0.39 is 18.4 Å². The van der Waals surface area contributed by atoms with E-state index in [1.54, 1.807) is 0 Å². The summed E-state index contributed by atoms with van der Waals surface area (Å²) in [4.78, 5) is 11.6. The number of alkyl carbamates (subject to hydrolysis) is 1. The molecule has 0 radical (unpaired) electrons. The largest absolute Gasteiger partial charge is 0.445 e. The lowest BCUT2D eigenvalue weighted by Crippen LogP contribution is -2.48. The summed E-state index contributed by atoms with van der Waals surface area (Å²) in [5.74, 6) is 0. The van der Waals surface area contributed by atoms with Crippen LogP contribution in [0.4, 0.5) is 4.79 Å². The Morgan fingerprint density at radius 3 is 2.18 bits per heavy atom. The van der Waals surface area contributed by atoms with E-state index in [1.165, 1.54) is 0 Å². The van der Waals surface area contributed by atoms with Gasteiger partial charge in [0.15, 0.2) is 0 Å². The van der Waals surface area contributed by atoms with Crippen LogP contribution in [-0.2, 0) is 17.8 Å². The van der Waals surface area contributed by atoms with Gasteiger partial charge >= 0.3 is 6.09 Å². The Morgan fingerprint density at radius 1 is 1.05 bits per heavy atom. The maximum atomic E-state index is 11.6. The van der Waals surface area contributed by atoms with Crippen LogP contribution in [0.3, 0.4) is 0 Å². The van der Waals surface area contributed by atoms with Gasteiger partial charge in [-0.15, -0.1) is 0 Å². The molecule has 1 amide bonds. The topological polar surface area (TPSA) is 84.6 Å². The van der Waals surface area contributed by atoms with E-state index in [-0.39, 0.29) is 6.61 Å². The number of rotatable bonds is 6. The molecule has 2 aromatic rings. The number of ether oxygens (including phenoxy) is 1. The molecule has 0 aliphatic rings. The minimum absolute atomic E-state index is 0.146. The first kappa shape index (κ1) is 16.0. The van der Waals surface area contributed by atoms with Crippen molar-refractivity contribution in [2.75, 3.05) is 0 Å². The minimum atomic E-state index is -1.16. The maximum absolute atomic E-state index is 11.6. The second-order valence-corrected chi connectivity index (χ2v) is 5.00. The zero-order valence-corrected chi connectivity index (χ0v) is 12.2. The molecule has 0 aliphatic heterocycles. The summed E-state index contributed by atoms with van der Waals surface area (Å²) in [6, 6.07) is 18.2. The number of aliphatic hydroxyl groups is 1.